The Bertz CT molecular complexity index is 772. The number of rotatable bonds is 6. The van der Waals surface area contributed by atoms with E-state index in [1.54, 1.807) is 48.5 Å². The number of methoxy groups -OCH3 is 1. The third-order valence-electron chi connectivity index (χ3n) is 3.31. The average Bonchev–Trinajstić information content (AvgIpc) is 2.52. The van der Waals surface area contributed by atoms with Crippen molar-refractivity contribution in [2.24, 2.45) is 0 Å². The first-order valence-corrected chi connectivity index (χ1v) is 8.75. The molecule has 0 saturated carbocycles. The molecular weight excluding hydrogens is 314 g/mol. The van der Waals surface area contributed by atoms with E-state index in [1.165, 1.54) is 7.11 Å². The van der Waals surface area contributed by atoms with Gasteiger partial charge in [-0.3, -0.25) is 0 Å². The maximum Gasteiger partial charge on any atom is 0.328 e. The molecule has 2 aromatic carbocycles. The van der Waals surface area contributed by atoms with Gasteiger partial charge in [-0.2, -0.15) is 4.72 Å². The number of aryl methyl sites for hydroxylation is 1. The van der Waals surface area contributed by atoms with Crippen LogP contribution >= 0.6 is 0 Å². The van der Waals surface area contributed by atoms with Crippen molar-refractivity contribution in [1.29, 1.82) is 0 Å². The number of hydrogen-bond donors (Lipinski definition) is 1. The average molecular weight is 333 g/mol. The standard InChI is InChI=1S/C17H19NO4S/c1-13-7-6-8-14(11-13)12-23(20,21)18-16(17(19)22-2)15-9-4-3-5-10-15/h3-11,16,18H,12H2,1-2H3. The minimum atomic E-state index is -3.70. The lowest BCUT2D eigenvalue weighted by atomic mass is 10.1. The molecule has 0 spiro atoms. The molecule has 0 fully saturated rings. The Kier molecular flexibility index (Phi) is 5.52. The predicted molar refractivity (Wildman–Crippen MR) is 88.1 cm³/mol. The van der Waals surface area contributed by atoms with Gasteiger partial charge in [0.15, 0.2) is 0 Å². The van der Waals surface area contributed by atoms with Crippen LogP contribution in [0.3, 0.4) is 0 Å². The minimum absolute atomic E-state index is 0.199. The van der Waals surface area contributed by atoms with Crippen molar-refractivity contribution in [3.8, 4) is 0 Å². The Labute approximate surface area is 136 Å². The molecule has 0 amide bonds. The fourth-order valence-electron chi connectivity index (χ4n) is 2.26. The molecule has 0 bridgehead atoms. The molecule has 122 valence electrons. The molecular formula is C17H19NO4S. The molecule has 23 heavy (non-hydrogen) atoms. The molecule has 0 heterocycles. The van der Waals surface area contributed by atoms with E-state index < -0.39 is 22.0 Å². The van der Waals surface area contributed by atoms with Crippen LogP contribution in [0.5, 0.6) is 0 Å². The van der Waals surface area contributed by atoms with Crippen LogP contribution in [0.25, 0.3) is 0 Å². The van der Waals surface area contributed by atoms with E-state index in [0.29, 0.717) is 11.1 Å². The highest BCUT2D eigenvalue weighted by Crippen LogP contribution is 2.17. The van der Waals surface area contributed by atoms with Crippen LogP contribution in [-0.2, 0) is 25.3 Å². The number of nitrogens with one attached hydrogen (secondary N) is 1. The summed E-state index contributed by atoms with van der Waals surface area (Å²) in [7, 11) is -2.48. The van der Waals surface area contributed by atoms with E-state index in [1.807, 2.05) is 13.0 Å². The number of carbonyl (C=O) groups excluding carboxylic acids is 1. The van der Waals surface area contributed by atoms with Crippen molar-refractivity contribution in [3.63, 3.8) is 0 Å². The number of carbonyl (C=O) groups is 1. The van der Waals surface area contributed by atoms with Crippen LogP contribution in [0.2, 0.25) is 0 Å². The Hall–Kier alpha value is -2.18. The van der Waals surface area contributed by atoms with Crippen LogP contribution in [0, 0.1) is 6.92 Å². The SMILES string of the molecule is COC(=O)C(NS(=O)(=O)Cc1cccc(C)c1)c1ccccc1. The lowest BCUT2D eigenvalue weighted by molar-refractivity contribution is -0.142. The number of esters is 1. The van der Waals surface area contributed by atoms with Gasteiger partial charge in [0.25, 0.3) is 0 Å². The molecule has 2 rings (SSSR count). The van der Waals surface area contributed by atoms with Gasteiger partial charge in [-0.1, -0.05) is 60.2 Å². The van der Waals surface area contributed by atoms with Gasteiger partial charge in [0, 0.05) is 0 Å². The fourth-order valence-corrected chi connectivity index (χ4v) is 3.55. The first kappa shape index (κ1) is 17.2. The second-order valence-corrected chi connectivity index (χ2v) is 6.99. The first-order valence-electron chi connectivity index (χ1n) is 7.09. The molecule has 0 aromatic heterocycles. The minimum Gasteiger partial charge on any atom is -0.468 e. The summed E-state index contributed by atoms with van der Waals surface area (Å²) < 4.78 is 31.9. The topological polar surface area (TPSA) is 72.5 Å². The van der Waals surface area contributed by atoms with Gasteiger partial charge in [-0.25, -0.2) is 13.2 Å². The number of benzene rings is 2. The van der Waals surface area contributed by atoms with Crippen LogP contribution in [0.1, 0.15) is 22.7 Å². The molecule has 6 heteroatoms. The maximum absolute atomic E-state index is 12.4. The van der Waals surface area contributed by atoms with Crippen molar-refractivity contribution in [3.05, 3.63) is 71.3 Å². The molecule has 0 aliphatic heterocycles. The highest BCUT2D eigenvalue weighted by atomic mass is 32.2. The lowest BCUT2D eigenvalue weighted by Gasteiger charge is -2.17. The van der Waals surface area contributed by atoms with Gasteiger partial charge in [0.2, 0.25) is 10.0 Å². The second kappa shape index (κ2) is 7.39. The van der Waals surface area contributed by atoms with Crippen LogP contribution in [0.15, 0.2) is 54.6 Å². The van der Waals surface area contributed by atoms with E-state index in [9.17, 15) is 13.2 Å². The van der Waals surface area contributed by atoms with E-state index in [0.717, 1.165) is 5.56 Å². The maximum atomic E-state index is 12.4. The Morgan fingerprint density at radius 1 is 1.13 bits per heavy atom. The number of sulfonamides is 1. The molecule has 2 aromatic rings. The van der Waals surface area contributed by atoms with Gasteiger partial charge >= 0.3 is 5.97 Å². The van der Waals surface area contributed by atoms with Gasteiger partial charge in [0.05, 0.1) is 12.9 Å². The summed E-state index contributed by atoms with van der Waals surface area (Å²) in [5, 5.41) is 0. The molecule has 1 unspecified atom stereocenters. The lowest BCUT2D eigenvalue weighted by Crippen LogP contribution is -2.35. The van der Waals surface area contributed by atoms with Gasteiger partial charge in [-0.05, 0) is 18.1 Å². The summed E-state index contributed by atoms with van der Waals surface area (Å²) in [5.41, 5.74) is 2.17. The summed E-state index contributed by atoms with van der Waals surface area (Å²) in [5.74, 6) is -0.848. The highest BCUT2D eigenvalue weighted by molar-refractivity contribution is 7.88. The van der Waals surface area contributed by atoms with Gasteiger partial charge < -0.3 is 4.74 Å². The van der Waals surface area contributed by atoms with Crippen LogP contribution in [-0.4, -0.2) is 21.5 Å². The van der Waals surface area contributed by atoms with Crippen molar-refractivity contribution in [2.75, 3.05) is 7.11 Å². The van der Waals surface area contributed by atoms with Crippen molar-refractivity contribution in [1.82, 2.24) is 4.72 Å². The second-order valence-electron chi connectivity index (χ2n) is 5.23. The molecule has 1 N–H and O–H groups in total. The van der Waals surface area contributed by atoms with Crippen LogP contribution < -0.4 is 4.72 Å². The molecule has 0 saturated heterocycles. The highest BCUT2D eigenvalue weighted by Gasteiger charge is 2.26. The van der Waals surface area contributed by atoms with Crippen LogP contribution in [0.4, 0.5) is 0 Å². The quantitative estimate of drug-likeness (QED) is 0.824. The first-order chi connectivity index (χ1) is 10.9. The monoisotopic (exact) mass is 333 g/mol. The summed E-state index contributed by atoms with van der Waals surface area (Å²) in [6.07, 6.45) is 0. The zero-order valence-electron chi connectivity index (χ0n) is 13.0. The third kappa shape index (κ3) is 4.91. The smallest absolute Gasteiger partial charge is 0.328 e. The van der Waals surface area contributed by atoms with E-state index in [4.69, 9.17) is 4.74 Å². The molecule has 0 radical (unpaired) electrons. The fraction of sp³-hybridized carbons (Fsp3) is 0.235. The van der Waals surface area contributed by atoms with E-state index in [-0.39, 0.29) is 5.75 Å². The Balaban J connectivity index is 2.23. The normalized spacial score (nSPS) is 12.6. The summed E-state index contributed by atoms with van der Waals surface area (Å²) >= 11 is 0. The van der Waals surface area contributed by atoms with Gasteiger partial charge in [-0.15, -0.1) is 0 Å². The third-order valence-corrected chi connectivity index (χ3v) is 4.61. The Morgan fingerprint density at radius 3 is 2.43 bits per heavy atom. The Morgan fingerprint density at radius 2 is 1.83 bits per heavy atom. The zero-order chi connectivity index (χ0) is 16.9. The number of ether oxygens (including phenoxy) is 1. The van der Waals surface area contributed by atoms with E-state index >= 15 is 0 Å². The summed E-state index contributed by atoms with van der Waals surface area (Å²) in [4.78, 5) is 11.9. The largest absolute Gasteiger partial charge is 0.468 e. The molecule has 1 atom stereocenters. The molecule has 5 nitrogen and oxygen atoms in total. The van der Waals surface area contributed by atoms with Crippen molar-refractivity contribution >= 4 is 16.0 Å². The molecule has 0 aliphatic carbocycles. The summed E-state index contributed by atoms with van der Waals surface area (Å²) in [6.45, 7) is 1.89. The van der Waals surface area contributed by atoms with Gasteiger partial charge in [0.1, 0.15) is 6.04 Å². The molecule has 0 aliphatic rings. The van der Waals surface area contributed by atoms with Crippen molar-refractivity contribution < 1.29 is 17.9 Å². The van der Waals surface area contributed by atoms with Crippen molar-refractivity contribution in [2.45, 2.75) is 18.7 Å². The zero-order valence-corrected chi connectivity index (χ0v) is 13.8. The number of hydrogen-bond acceptors (Lipinski definition) is 4. The summed E-state index contributed by atoms with van der Waals surface area (Å²) in [6, 6.07) is 14.8. The van der Waals surface area contributed by atoms with E-state index in [2.05, 4.69) is 4.72 Å². The predicted octanol–water partition coefficient (Wildman–Crippen LogP) is 2.33.